The number of aromatic nitrogens is 2. The highest BCUT2D eigenvalue weighted by atomic mass is 32.1. The molecule has 2 bridgehead atoms. The Labute approximate surface area is 233 Å². The van der Waals surface area contributed by atoms with Crippen LogP contribution in [0, 0.1) is 5.92 Å². The molecule has 4 aromatic rings. The Hall–Kier alpha value is -3.16. The molecule has 2 aliphatic heterocycles. The molecule has 0 spiro atoms. The molecule has 0 radical (unpaired) electrons. The molecule has 3 fully saturated rings. The lowest BCUT2D eigenvalue weighted by Crippen LogP contribution is -2.43. The summed E-state index contributed by atoms with van der Waals surface area (Å²) >= 11 is 1.69. The van der Waals surface area contributed by atoms with Crippen LogP contribution in [0.2, 0.25) is 0 Å². The molecule has 7 heteroatoms. The van der Waals surface area contributed by atoms with Gasteiger partial charge < -0.3 is 15.0 Å². The quantitative estimate of drug-likeness (QED) is 0.266. The standard InChI is InChI=1S/C32H36N4O2S/c1-36-24-9-10-25(36)18-27(17-24)38-26-11-6-21(7-12-26)31-28-16-22(8-13-29(28)34-35-31)32(37)33-30(20-4-2-3-5-20)23-14-15-39-19-23/h6-8,11-16,19-20,24-25,27,30H,2-5,9-10,17-18H2,1H3,(H,33,37)(H,34,35)/t24?,25?,27?,30-/m1/s1. The summed E-state index contributed by atoms with van der Waals surface area (Å²) in [6, 6.07) is 17.6. The Bertz CT molecular complexity index is 1430. The number of hydrogen-bond acceptors (Lipinski definition) is 5. The molecule has 39 heavy (non-hydrogen) atoms. The number of ether oxygens (including phenoxy) is 1. The van der Waals surface area contributed by atoms with E-state index in [1.165, 1.54) is 44.1 Å². The van der Waals surface area contributed by atoms with Crippen molar-refractivity contribution in [2.45, 2.75) is 75.6 Å². The van der Waals surface area contributed by atoms with Gasteiger partial charge in [-0.1, -0.05) is 12.8 Å². The van der Waals surface area contributed by atoms with E-state index >= 15 is 0 Å². The second-order valence-electron chi connectivity index (χ2n) is 11.7. The van der Waals surface area contributed by atoms with Crippen molar-refractivity contribution in [1.29, 1.82) is 0 Å². The Balaban J connectivity index is 1.08. The molecular formula is C32H36N4O2S. The van der Waals surface area contributed by atoms with Crippen molar-refractivity contribution in [2.75, 3.05) is 7.05 Å². The van der Waals surface area contributed by atoms with Crippen molar-refractivity contribution in [3.8, 4) is 17.0 Å². The summed E-state index contributed by atoms with van der Waals surface area (Å²) < 4.78 is 6.40. The van der Waals surface area contributed by atoms with Gasteiger partial charge in [0, 0.05) is 28.6 Å². The molecule has 3 atom stereocenters. The van der Waals surface area contributed by atoms with Crippen LogP contribution in [0.25, 0.3) is 22.2 Å². The van der Waals surface area contributed by atoms with E-state index in [1.54, 1.807) is 11.3 Å². The zero-order valence-electron chi connectivity index (χ0n) is 22.4. The van der Waals surface area contributed by atoms with Crippen LogP contribution in [0.3, 0.4) is 0 Å². The number of carbonyl (C=O) groups excluding carboxylic acids is 1. The van der Waals surface area contributed by atoms with E-state index in [1.807, 2.05) is 18.2 Å². The minimum atomic E-state index is -0.0250. The predicted molar refractivity (Wildman–Crippen MR) is 156 cm³/mol. The molecule has 1 saturated carbocycles. The van der Waals surface area contributed by atoms with Crippen molar-refractivity contribution < 1.29 is 9.53 Å². The van der Waals surface area contributed by atoms with E-state index in [2.05, 4.69) is 68.6 Å². The molecule has 2 aromatic heterocycles. The normalized spacial score (nSPS) is 24.3. The Morgan fingerprint density at radius 1 is 1.05 bits per heavy atom. The average Bonchev–Trinajstić information content (AvgIpc) is 3.76. The van der Waals surface area contributed by atoms with Crippen molar-refractivity contribution >= 4 is 28.1 Å². The van der Waals surface area contributed by atoms with Gasteiger partial charge in [-0.15, -0.1) is 0 Å². The first kappa shape index (κ1) is 24.9. The van der Waals surface area contributed by atoms with Crippen molar-refractivity contribution in [2.24, 2.45) is 5.92 Å². The number of rotatable bonds is 7. The number of carbonyl (C=O) groups is 1. The van der Waals surface area contributed by atoms with Gasteiger partial charge in [0.1, 0.15) is 11.9 Å². The maximum Gasteiger partial charge on any atom is 0.251 e. The molecule has 3 aliphatic rings. The van der Waals surface area contributed by atoms with Gasteiger partial charge in [0.05, 0.1) is 17.3 Å². The molecule has 1 aliphatic carbocycles. The fourth-order valence-corrected chi connectivity index (χ4v) is 7.85. The number of fused-ring (bicyclic) bond motifs is 3. The summed E-state index contributed by atoms with van der Waals surface area (Å²) in [5.74, 6) is 1.39. The van der Waals surface area contributed by atoms with Gasteiger partial charge in [-0.2, -0.15) is 16.4 Å². The number of nitrogens with zero attached hydrogens (tertiary/aromatic N) is 2. The lowest BCUT2D eigenvalue weighted by molar-refractivity contribution is 0.0662. The fraction of sp³-hybridized carbons (Fsp3) is 0.438. The number of hydrogen-bond donors (Lipinski definition) is 2. The zero-order chi connectivity index (χ0) is 26.3. The Morgan fingerprint density at radius 3 is 2.54 bits per heavy atom. The average molecular weight is 541 g/mol. The van der Waals surface area contributed by atoms with E-state index in [-0.39, 0.29) is 11.9 Å². The summed E-state index contributed by atoms with van der Waals surface area (Å²) in [5, 5.41) is 16.4. The number of nitrogens with one attached hydrogen (secondary N) is 2. The number of thiophene rings is 1. The second-order valence-corrected chi connectivity index (χ2v) is 12.5. The van der Waals surface area contributed by atoms with Gasteiger partial charge in [-0.25, -0.2) is 0 Å². The van der Waals surface area contributed by atoms with Crippen LogP contribution in [0.1, 0.15) is 73.3 Å². The lowest BCUT2D eigenvalue weighted by atomic mass is 9.93. The van der Waals surface area contributed by atoms with E-state index < -0.39 is 0 Å². The van der Waals surface area contributed by atoms with Crippen LogP contribution in [-0.2, 0) is 0 Å². The molecule has 4 heterocycles. The first-order valence-corrected chi connectivity index (χ1v) is 15.4. The van der Waals surface area contributed by atoms with Gasteiger partial charge in [0.25, 0.3) is 5.91 Å². The molecule has 2 saturated heterocycles. The highest BCUT2D eigenvalue weighted by Crippen LogP contribution is 2.38. The van der Waals surface area contributed by atoms with Crippen molar-refractivity contribution in [3.05, 3.63) is 70.4 Å². The molecule has 2 N–H and O–H groups in total. The van der Waals surface area contributed by atoms with Crippen LogP contribution >= 0.6 is 11.3 Å². The third kappa shape index (κ3) is 4.87. The maximum atomic E-state index is 13.5. The van der Waals surface area contributed by atoms with Crippen LogP contribution in [0.15, 0.2) is 59.3 Å². The smallest absolute Gasteiger partial charge is 0.251 e. The summed E-state index contributed by atoms with van der Waals surface area (Å²) in [6.07, 6.45) is 9.93. The molecule has 6 nitrogen and oxygen atoms in total. The van der Waals surface area contributed by atoms with Gasteiger partial charge in [-0.3, -0.25) is 9.89 Å². The summed E-state index contributed by atoms with van der Waals surface area (Å²) in [4.78, 5) is 16.0. The van der Waals surface area contributed by atoms with Crippen molar-refractivity contribution in [3.63, 3.8) is 0 Å². The molecule has 1 amide bonds. The van der Waals surface area contributed by atoms with Crippen molar-refractivity contribution in [1.82, 2.24) is 20.4 Å². The molecular weight excluding hydrogens is 504 g/mol. The fourth-order valence-electron chi connectivity index (χ4n) is 7.16. The first-order chi connectivity index (χ1) is 19.1. The Morgan fingerprint density at radius 2 is 1.82 bits per heavy atom. The molecule has 2 unspecified atom stereocenters. The predicted octanol–water partition coefficient (Wildman–Crippen LogP) is 6.96. The highest BCUT2D eigenvalue weighted by Gasteiger charge is 2.39. The van der Waals surface area contributed by atoms with Crippen LogP contribution in [-0.4, -0.2) is 46.2 Å². The van der Waals surface area contributed by atoms with E-state index in [4.69, 9.17) is 4.74 Å². The summed E-state index contributed by atoms with van der Waals surface area (Å²) in [5.41, 5.74) is 4.68. The topological polar surface area (TPSA) is 70.2 Å². The largest absolute Gasteiger partial charge is 0.490 e. The maximum absolute atomic E-state index is 13.5. The number of piperidine rings is 1. The van der Waals surface area contributed by atoms with Gasteiger partial charge in [-0.05, 0) is 116 Å². The number of aromatic amines is 1. The number of benzene rings is 2. The van der Waals surface area contributed by atoms with E-state index in [0.717, 1.165) is 40.8 Å². The number of amides is 1. The SMILES string of the molecule is CN1C2CCC1CC(Oc1ccc(-c3n[nH]c4ccc(C(=O)N[C@@H](c5ccsc5)C5CCCC5)cc34)cc1)C2. The number of H-pyrrole nitrogens is 1. The molecule has 202 valence electrons. The minimum Gasteiger partial charge on any atom is -0.490 e. The molecule has 2 aromatic carbocycles. The third-order valence-corrected chi connectivity index (χ3v) is 10.1. The van der Waals surface area contributed by atoms with Crippen LogP contribution in [0.5, 0.6) is 5.75 Å². The highest BCUT2D eigenvalue weighted by molar-refractivity contribution is 7.08. The van der Waals surface area contributed by atoms with Gasteiger partial charge in [0.2, 0.25) is 0 Å². The van der Waals surface area contributed by atoms with E-state index in [9.17, 15) is 4.79 Å². The monoisotopic (exact) mass is 540 g/mol. The zero-order valence-corrected chi connectivity index (χ0v) is 23.3. The summed E-state index contributed by atoms with van der Waals surface area (Å²) in [7, 11) is 2.26. The van der Waals surface area contributed by atoms with Crippen LogP contribution < -0.4 is 10.1 Å². The molecule has 7 rings (SSSR count). The summed E-state index contributed by atoms with van der Waals surface area (Å²) in [6.45, 7) is 0. The van der Waals surface area contributed by atoms with Crippen LogP contribution in [0.4, 0.5) is 0 Å². The van der Waals surface area contributed by atoms with Gasteiger partial charge >= 0.3 is 0 Å². The minimum absolute atomic E-state index is 0.0250. The second kappa shape index (κ2) is 10.4. The first-order valence-electron chi connectivity index (χ1n) is 14.4. The third-order valence-electron chi connectivity index (χ3n) is 9.37. The lowest BCUT2D eigenvalue weighted by Gasteiger charge is -2.36. The Kier molecular flexibility index (Phi) is 6.65. The van der Waals surface area contributed by atoms with E-state index in [0.29, 0.717) is 29.7 Å². The van der Waals surface area contributed by atoms with Gasteiger partial charge in [0.15, 0.2) is 0 Å².